The molecule has 0 atom stereocenters. The van der Waals surface area contributed by atoms with Crippen molar-refractivity contribution in [3.05, 3.63) is 11.5 Å². The van der Waals surface area contributed by atoms with Crippen LogP contribution in [0.1, 0.15) is 0 Å². The zero-order valence-corrected chi connectivity index (χ0v) is 6.70. The van der Waals surface area contributed by atoms with Gasteiger partial charge in [-0.05, 0) is 0 Å². The number of rotatable bonds is 2. The average Bonchev–Trinajstić information content (AvgIpc) is 1.83. The smallest absolute Gasteiger partial charge is 0.350 e. The molecule has 0 aromatic carbocycles. The molecule has 0 fully saturated rings. The first-order chi connectivity index (χ1) is 4.39. The summed E-state index contributed by atoms with van der Waals surface area (Å²) in [5.41, 5.74) is 0. The predicted octanol–water partition coefficient (Wildman–Crippen LogP) is 0.242. The van der Waals surface area contributed by atoms with Crippen molar-refractivity contribution in [1.29, 1.82) is 0 Å². The molecule has 10 heavy (non-hydrogen) atoms. The lowest BCUT2D eigenvalue weighted by atomic mass is 10.6. The van der Waals surface area contributed by atoms with Crippen LogP contribution in [0.4, 0.5) is 0 Å². The topological polar surface area (TPSA) is 60.4 Å². The molecule has 0 heterocycles. The quantitative estimate of drug-likeness (QED) is 0.351. The molecule has 0 radical (unpaired) electrons. The maximum absolute atomic E-state index is 10.4. The molecular weight excluding hydrogens is 180 g/mol. The van der Waals surface area contributed by atoms with Crippen LogP contribution in [-0.4, -0.2) is 21.5 Å². The SMILES string of the molecule is C=C(C(=O)OC)S(=O)(=O)Cl. The van der Waals surface area contributed by atoms with E-state index >= 15 is 0 Å². The largest absolute Gasteiger partial charge is 0.465 e. The highest BCUT2D eigenvalue weighted by Gasteiger charge is 2.19. The Morgan fingerprint density at radius 3 is 2.10 bits per heavy atom. The maximum atomic E-state index is 10.4. The Hall–Kier alpha value is -0.550. The molecule has 0 bridgehead atoms. The maximum Gasteiger partial charge on any atom is 0.350 e. The van der Waals surface area contributed by atoms with Crippen LogP contribution in [-0.2, 0) is 18.6 Å². The van der Waals surface area contributed by atoms with Crippen molar-refractivity contribution in [3.63, 3.8) is 0 Å². The average molecular weight is 185 g/mol. The van der Waals surface area contributed by atoms with Crippen LogP contribution in [0.3, 0.4) is 0 Å². The molecular formula is C4H5ClO4S. The van der Waals surface area contributed by atoms with Gasteiger partial charge in [-0.1, -0.05) is 6.58 Å². The molecule has 0 aliphatic rings. The van der Waals surface area contributed by atoms with Crippen molar-refractivity contribution in [2.45, 2.75) is 0 Å². The second-order valence-electron chi connectivity index (χ2n) is 1.35. The van der Waals surface area contributed by atoms with E-state index in [9.17, 15) is 13.2 Å². The van der Waals surface area contributed by atoms with Gasteiger partial charge in [0.15, 0.2) is 4.91 Å². The monoisotopic (exact) mass is 184 g/mol. The molecule has 0 aliphatic heterocycles. The van der Waals surface area contributed by atoms with Gasteiger partial charge in [-0.3, -0.25) is 0 Å². The van der Waals surface area contributed by atoms with Crippen molar-refractivity contribution in [2.75, 3.05) is 7.11 Å². The number of ether oxygens (including phenoxy) is 1. The number of carbonyl (C=O) groups is 1. The summed E-state index contributed by atoms with van der Waals surface area (Å²) in [6, 6.07) is 0. The lowest BCUT2D eigenvalue weighted by Gasteiger charge is -1.96. The Morgan fingerprint density at radius 2 is 2.00 bits per heavy atom. The van der Waals surface area contributed by atoms with E-state index in [0.29, 0.717) is 0 Å². The van der Waals surface area contributed by atoms with Gasteiger partial charge in [-0.2, -0.15) is 0 Å². The fourth-order valence-electron chi connectivity index (χ4n) is 0.213. The first kappa shape index (κ1) is 9.45. The summed E-state index contributed by atoms with van der Waals surface area (Å²) in [7, 11) is 1.76. The molecule has 0 rings (SSSR count). The van der Waals surface area contributed by atoms with Crippen molar-refractivity contribution >= 4 is 25.7 Å². The van der Waals surface area contributed by atoms with Crippen LogP contribution >= 0.6 is 10.7 Å². The third-order valence-corrected chi connectivity index (χ3v) is 2.02. The van der Waals surface area contributed by atoms with E-state index in [1.54, 1.807) is 0 Å². The fourth-order valence-corrected chi connectivity index (χ4v) is 0.685. The van der Waals surface area contributed by atoms with Crippen LogP contribution < -0.4 is 0 Å². The highest BCUT2D eigenvalue weighted by atomic mass is 35.7. The van der Waals surface area contributed by atoms with Gasteiger partial charge in [0.2, 0.25) is 0 Å². The fraction of sp³-hybridized carbons (Fsp3) is 0.250. The van der Waals surface area contributed by atoms with E-state index in [2.05, 4.69) is 11.3 Å². The second-order valence-corrected chi connectivity index (χ2v) is 3.94. The third-order valence-electron chi connectivity index (χ3n) is 0.707. The molecule has 0 saturated carbocycles. The Balaban J connectivity index is 4.57. The molecule has 0 N–H and O–H groups in total. The molecule has 0 unspecified atom stereocenters. The molecule has 0 aliphatic carbocycles. The summed E-state index contributed by atoms with van der Waals surface area (Å²) < 4.78 is 24.6. The van der Waals surface area contributed by atoms with E-state index in [1.165, 1.54) is 0 Å². The first-order valence-corrected chi connectivity index (χ1v) is 4.42. The van der Waals surface area contributed by atoms with Crippen LogP contribution in [0.2, 0.25) is 0 Å². The zero-order chi connectivity index (χ0) is 8.36. The molecule has 6 heteroatoms. The zero-order valence-electron chi connectivity index (χ0n) is 5.13. The summed E-state index contributed by atoms with van der Waals surface area (Å²) >= 11 is 0. The summed E-state index contributed by atoms with van der Waals surface area (Å²) in [4.78, 5) is 9.62. The van der Waals surface area contributed by atoms with Crippen LogP contribution in [0.15, 0.2) is 11.5 Å². The predicted molar refractivity (Wildman–Crippen MR) is 35.9 cm³/mol. The van der Waals surface area contributed by atoms with Crippen LogP contribution in [0.5, 0.6) is 0 Å². The lowest BCUT2D eigenvalue weighted by Crippen LogP contribution is -2.08. The van der Waals surface area contributed by atoms with Crippen LogP contribution in [0, 0.1) is 0 Å². The van der Waals surface area contributed by atoms with E-state index < -0.39 is 19.9 Å². The molecule has 0 amide bonds. The number of hydrogen-bond acceptors (Lipinski definition) is 4. The number of esters is 1. The molecule has 0 saturated heterocycles. The van der Waals surface area contributed by atoms with Crippen molar-refractivity contribution in [3.8, 4) is 0 Å². The van der Waals surface area contributed by atoms with E-state index in [4.69, 9.17) is 10.7 Å². The number of methoxy groups -OCH3 is 1. The molecule has 0 spiro atoms. The van der Waals surface area contributed by atoms with Gasteiger partial charge in [0.05, 0.1) is 7.11 Å². The number of halogens is 1. The lowest BCUT2D eigenvalue weighted by molar-refractivity contribution is -0.135. The van der Waals surface area contributed by atoms with Gasteiger partial charge < -0.3 is 4.74 Å². The van der Waals surface area contributed by atoms with Gasteiger partial charge in [0.25, 0.3) is 9.05 Å². The highest BCUT2D eigenvalue weighted by molar-refractivity contribution is 8.17. The van der Waals surface area contributed by atoms with Crippen molar-refractivity contribution in [2.24, 2.45) is 0 Å². The minimum absolute atomic E-state index is 0.753. The van der Waals surface area contributed by atoms with Gasteiger partial charge in [-0.25, -0.2) is 13.2 Å². The van der Waals surface area contributed by atoms with E-state index in [1.807, 2.05) is 0 Å². The van der Waals surface area contributed by atoms with E-state index in [-0.39, 0.29) is 0 Å². The molecule has 58 valence electrons. The van der Waals surface area contributed by atoms with Crippen molar-refractivity contribution < 1.29 is 17.9 Å². The highest BCUT2D eigenvalue weighted by Crippen LogP contribution is 2.09. The molecule has 0 aromatic heterocycles. The molecule has 0 aromatic rings. The molecule has 4 nitrogen and oxygen atoms in total. The summed E-state index contributed by atoms with van der Waals surface area (Å²) in [5.74, 6) is -1.05. The summed E-state index contributed by atoms with van der Waals surface area (Å²) in [6.45, 7) is 2.90. The number of carbonyl (C=O) groups excluding carboxylic acids is 1. The van der Waals surface area contributed by atoms with Crippen LogP contribution in [0.25, 0.3) is 0 Å². The Kier molecular flexibility index (Phi) is 2.86. The normalized spacial score (nSPS) is 10.6. The van der Waals surface area contributed by atoms with Gasteiger partial charge >= 0.3 is 5.97 Å². The summed E-state index contributed by atoms with van der Waals surface area (Å²) in [5, 5.41) is 0. The number of hydrogen-bond donors (Lipinski definition) is 0. The Bertz CT molecular complexity index is 252. The standard InChI is InChI=1S/C4H5ClO4S/c1-3(4(6)9-2)10(5,7)8/h1H2,2H3. The van der Waals surface area contributed by atoms with Gasteiger partial charge in [0, 0.05) is 10.7 Å². The van der Waals surface area contributed by atoms with E-state index in [0.717, 1.165) is 7.11 Å². The van der Waals surface area contributed by atoms with Gasteiger partial charge in [0.1, 0.15) is 0 Å². The van der Waals surface area contributed by atoms with Crippen molar-refractivity contribution in [1.82, 2.24) is 0 Å². The second kappa shape index (κ2) is 3.03. The summed E-state index contributed by atoms with van der Waals surface area (Å²) in [6.07, 6.45) is 0. The Morgan fingerprint density at radius 1 is 1.60 bits per heavy atom. The Labute approximate surface area is 62.9 Å². The minimum atomic E-state index is -4.01. The van der Waals surface area contributed by atoms with Gasteiger partial charge in [-0.15, -0.1) is 0 Å². The minimum Gasteiger partial charge on any atom is -0.465 e. The third kappa shape index (κ3) is 2.36. The first-order valence-electron chi connectivity index (χ1n) is 2.11.